The molecule has 0 aliphatic heterocycles. The lowest BCUT2D eigenvalue weighted by Gasteiger charge is -2.14. The van der Waals surface area contributed by atoms with Gasteiger partial charge in [0.15, 0.2) is 0 Å². The highest BCUT2D eigenvalue weighted by Crippen LogP contribution is 2.00. The van der Waals surface area contributed by atoms with Crippen LogP contribution in [0.5, 0.6) is 0 Å². The maximum atomic E-state index is 11.4. The van der Waals surface area contributed by atoms with Gasteiger partial charge in [-0.25, -0.2) is 9.59 Å². The number of urea groups is 1. The van der Waals surface area contributed by atoms with Gasteiger partial charge < -0.3 is 21.5 Å². The Hall–Kier alpha value is -1.44. The maximum absolute atomic E-state index is 11.4. The molecule has 3 amide bonds. The Morgan fingerprint density at radius 3 is 2.56 bits per heavy atom. The van der Waals surface area contributed by atoms with Crippen LogP contribution in [0.3, 0.4) is 0 Å². The van der Waals surface area contributed by atoms with Crippen LogP contribution in [0.1, 0.15) is 19.3 Å². The molecule has 0 saturated carbocycles. The molecule has 0 aromatic carbocycles. The van der Waals surface area contributed by atoms with Gasteiger partial charge in [-0.15, -0.1) is 0 Å². The van der Waals surface area contributed by atoms with Crippen molar-refractivity contribution in [3.8, 4) is 0 Å². The molecule has 0 fully saturated rings. The first-order valence-corrected chi connectivity index (χ1v) is 6.91. The molecule has 0 radical (unpaired) electrons. The molecule has 5 N–H and O–H groups in total. The van der Waals surface area contributed by atoms with Gasteiger partial charge in [-0.2, -0.15) is 11.8 Å². The summed E-state index contributed by atoms with van der Waals surface area (Å²) >= 11 is 1.51. The van der Waals surface area contributed by atoms with E-state index in [1.807, 2.05) is 6.26 Å². The zero-order valence-corrected chi connectivity index (χ0v) is 11.1. The number of primary amides is 1. The van der Waals surface area contributed by atoms with Gasteiger partial charge in [0.1, 0.15) is 6.04 Å². The average molecular weight is 277 g/mol. The van der Waals surface area contributed by atoms with E-state index in [-0.39, 0.29) is 13.0 Å². The molecule has 8 heteroatoms. The molecule has 1 unspecified atom stereocenters. The summed E-state index contributed by atoms with van der Waals surface area (Å²) in [6.07, 6.45) is 2.86. The summed E-state index contributed by atoms with van der Waals surface area (Å²) in [5, 5.41) is 13.7. The molecule has 7 nitrogen and oxygen atoms in total. The van der Waals surface area contributed by atoms with Crippen LogP contribution in [-0.2, 0) is 9.59 Å². The van der Waals surface area contributed by atoms with Gasteiger partial charge in [-0.05, 0) is 24.9 Å². The number of amides is 3. The van der Waals surface area contributed by atoms with E-state index in [0.29, 0.717) is 18.6 Å². The van der Waals surface area contributed by atoms with Crippen LogP contribution in [0, 0.1) is 0 Å². The quantitative estimate of drug-likeness (QED) is 0.433. The molecule has 0 heterocycles. The fourth-order valence-corrected chi connectivity index (χ4v) is 1.64. The number of thioether (sulfide) groups is 1. The molecular formula is C10H19N3O4S. The van der Waals surface area contributed by atoms with Crippen molar-refractivity contribution in [2.75, 3.05) is 18.6 Å². The van der Waals surface area contributed by atoms with Gasteiger partial charge in [0.25, 0.3) is 0 Å². The zero-order valence-electron chi connectivity index (χ0n) is 10.3. The molecule has 0 aliphatic carbocycles. The van der Waals surface area contributed by atoms with Crippen LogP contribution in [0.2, 0.25) is 0 Å². The second-order valence-electron chi connectivity index (χ2n) is 3.64. The van der Waals surface area contributed by atoms with E-state index in [9.17, 15) is 14.4 Å². The fraction of sp³-hybridized carbons (Fsp3) is 0.700. The molecule has 0 spiro atoms. The van der Waals surface area contributed by atoms with Crippen LogP contribution in [0.25, 0.3) is 0 Å². The minimum absolute atomic E-state index is 0.190. The minimum Gasteiger partial charge on any atom is -0.480 e. The molecule has 18 heavy (non-hydrogen) atoms. The second kappa shape index (κ2) is 9.58. The number of hydrogen-bond acceptors (Lipinski definition) is 4. The summed E-state index contributed by atoms with van der Waals surface area (Å²) in [4.78, 5) is 32.6. The lowest BCUT2D eigenvalue weighted by atomic mass is 10.2. The highest BCUT2D eigenvalue weighted by molar-refractivity contribution is 7.98. The largest absolute Gasteiger partial charge is 0.480 e. The smallest absolute Gasteiger partial charge is 0.326 e. The van der Waals surface area contributed by atoms with Crippen molar-refractivity contribution in [1.29, 1.82) is 0 Å². The number of rotatable bonds is 9. The molecular weight excluding hydrogens is 258 g/mol. The number of carbonyl (C=O) groups is 3. The van der Waals surface area contributed by atoms with Crippen molar-refractivity contribution in [2.45, 2.75) is 25.3 Å². The molecule has 0 aliphatic rings. The second-order valence-corrected chi connectivity index (χ2v) is 4.63. The summed E-state index contributed by atoms with van der Waals surface area (Å²) in [6, 6.07) is -1.44. The Labute approximate surface area is 110 Å². The van der Waals surface area contributed by atoms with E-state index in [0.717, 1.165) is 0 Å². The van der Waals surface area contributed by atoms with E-state index in [2.05, 4.69) is 10.6 Å². The normalized spacial score (nSPS) is 11.6. The standard InChI is InChI=1S/C10H19N3O4S/c1-18-6-4-7(9(15)16)13-10(17)12-5-2-3-8(11)14/h7H,2-6H2,1H3,(H2,11,14)(H,15,16)(H2,12,13,17). The van der Waals surface area contributed by atoms with Crippen molar-refractivity contribution in [3.63, 3.8) is 0 Å². The molecule has 0 aromatic rings. The zero-order chi connectivity index (χ0) is 14.0. The minimum atomic E-state index is -1.06. The van der Waals surface area contributed by atoms with E-state index in [1.165, 1.54) is 11.8 Å². The Morgan fingerprint density at radius 2 is 2.06 bits per heavy atom. The SMILES string of the molecule is CSCCC(NC(=O)NCCCC(N)=O)C(=O)O. The maximum Gasteiger partial charge on any atom is 0.326 e. The van der Waals surface area contributed by atoms with Crippen molar-refractivity contribution < 1.29 is 19.5 Å². The van der Waals surface area contributed by atoms with E-state index in [1.54, 1.807) is 0 Å². The van der Waals surface area contributed by atoms with Gasteiger partial charge in [0, 0.05) is 13.0 Å². The summed E-state index contributed by atoms with van der Waals surface area (Å²) in [5.41, 5.74) is 4.94. The molecule has 0 aromatic heterocycles. The molecule has 104 valence electrons. The first kappa shape index (κ1) is 16.6. The molecule has 1 atom stereocenters. The number of aliphatic carboxylic acids is 1. The first-order chi connectivity index (χ1) is 8.47. The van der Waals surface area contributed by atoms with Crippen LogP contribution in [0.4, 0.5) is 4.79 Å². The Balaban J connectivity index is 3.87. The summed E-state index contributed by atoms with van der Waals surface area (Å²) in [6.45, 7) is 0.281. The third-order valence-electron chi connectivity index (χ3n) is 2.10. The Morgan fingerprint density at radius 1 is 1.39 bits per heavy atom. The van der Waals surface area contributed by atoms with Crippen LogP contribution >= 0.6 is 11.8 Å². The van der Waals surface area contributed by atoms with Crippen molar-refractivity contribution >= 4 is 29.7 Å². The number of hydrogen-bond donors (Lipinski definition) is 4. The van der Waals surface area contributed by atoms with Crippen molar-refractivity contribution in [2.24, 2.45) is 5.73 Å². The fourth-order valence-electron chi connectivity index (χ4n) is 1.17. The van der Waals surface area contributed by atoms with Gasteiger partial charge in [0.2, 0.25) is 5.91 Å². The number of nitrogens with one attached hydrogen (secondary N) is 2. The van der Waals surface area contributed by atoms with Gasteiger partial charge in [-0.3, -0.25) is 4.79 Å². The number of nitrogens with two attached hydrogens (primary N) is 1. The Bertz CT molecular complexity index is 299. The van der Waals surface area contributed by atoms with Crippen LogP contribution in [0.15, 0.2) is 0 Å². The number of carboxylic acids is 1. The van der Waals surface area contributed by atoms with Gasteiger partial charge >= 0.3 is 12.0 Å². The summed E-state index contributed by atoms with van der Waals surface area (Å²) in [7, 11) is 0. The van der Waals surface area contributed by atoms with E-state index < -0.39 is 23.9 Å². The molecule has 0 saturated heterocycles. The summed E-state index contributed by atoms with van der Waals surface area (Å²) in [5.74, 6) is -0.837. The average Bonchev–Trinajstić information content (AvgIpc) is 2.29. The highest BCUT2D eigenvalue weighted by atomic mass is 32.2. The van der Waals surface area contributed by atoms with Crippen LogP contribution in [-0.4, -0.2) is 47.6 Å². The van der Waals surface area contributed by atoms with Gasteiger partial charge in [0.05, 0.1) is 0 Å². The third-order valence-corrected chi connectivity index (χ3v) is 2.74. The first-order valence-electron chi connectivity index (χ1n) is 5.51. The third kappa shape index (κ3) is 8.68. The van der Waals surface area contributed by atoms with Crippen molar-refractivity contribution in [3.05, 3.63) is 0 Å². The number of carbonyl (C=O) groups excluding carboxylic acids is 2. The predicted molar refractivity (Wildman–Crippen MR) is 69.4 cm³/mol. The Kier molecular flexibility index (Phi) is 8.81. The van der Waals surface area contributed by atoms with Gasteiger partial charge in [-0.1, -0.05) is 0 Å². The summed E-state index contributed by atoms with van der Waals surface area (Å²) < 4.78 is 0. The topological polar surface area (TPSA) is 122 Å². The molecule has 0 rings (SSSR count). The van der Waals surface area contributed by atoms with Crippen molar-refractivity contribution in [1.82, 2.24) is 10.6 Å². The van der Waals surface area contributed by atoms with E-state index in [4.69, 9.17) is 10.8 Å². The lowest BCUT2D eigenvalue weighted by Crippen LogP contribution is -2.46. The number of carboxylic acid groups (broad SMARTS) is 1. The molecule has 0 bridgehead atoms. The lowest BCUT2D eigenvalue weighted by molar-refractivity contribution is -0.139. The van der Waals surface area contributed by atoms with Crippen LogP contribution < -0.4 is 16.4 Å². The highest BCUT2D eigenvalue weighted by Gasteiger charge is 2.18. The predicted octanol–water partition coefficient (Wildman–Crippen LogP) is -0.243. The van der Waals surface area contributed by atoms with E-state index >= 15 is 0 Å². The monoisotopic (exact) mass is 277 g/mol.